The van der Waals surface area contributed by atoms with E-state index in [4.69, 9.17) is 0 Å². The van der Waals surface area contributed by atoms with E-state index in [1.165, 1.54) is 4.90 Å². The molecule has 10 heteroatoms. The van der Waals surface area contributed by atoms with Crippen LogP contribution in [0.2, 0.25) is 0 Å². The highest BCUT2D eigenvalue weighted by molar-refractivity contribution is 7.18. The number of alkyl halides is 3. The molecule has 1 aromatic heterocycles. The Morgan fingerprint density at radius 1 is 1.60 bits per heavy atom. The van der Waals surface area contributed by atoms with Gasteiger partial charge < -0.3 is 5.32 Å². The molecule has 0 aliphatic carbocycles. The number of likely N-dealkylation sites (tertiary alicyclic amines) is 1. The third kappa shape index (κ3) is 4.30. The number of hydrogen-bond acceptors (Lipinski definition) is 6. The number of hydrogen-bond donors (Lipinski definition) is 1. The Morgan fingerprint density at radius 2 is 2.35 bits per heavy atom. The fraction of sp³-hybridized carbons (Fsp3) is 0.700. The van der Waals surface area contributed by atoms with Gasteiger partial charge in [0.2, 0.25) is 0 Å². The first kappa shape index (κ1) is 15.0. The van der Waals surface area contributed by atoms with Crippen LogP contribution in [0.5, 0.6) is 0 Å². The van der Waals surface area contributed by atoms with Crippen molar-refractivity contribution >= 4 is 21.5 Å². The number of nitrogens with zero attached hydrogens (tertiary/aromatic N) is 3. The van der Waals surface area contributed by atoms with Crippen LogP contribution in [0.3, 0.4) is 0 Å². The third-order valence-corrected chi connectivity index (χ3v) is 3.89. The second-order valence-electron chi connectivity index (χ2n) is 4.65. The minimum absolute atomic E-state index is 0.0578. The maximum Gasteiger partial charge on any atom is 0.401 e. The Bertz CT molecular complexity index is 479. The van der Waals surface area contributed by atoms with E-state index >= 15 is 0 Å². The molecule has 0 radical (unpaired) electrons. The molecule has 0 saturated carbocycles. The lowest BCUT2D eigenvalue weighted by atomic mass is 10.1. The molecule has 1 N–H and O–H groups in total. The smallest absolute Gasteiger partial charge is 0.361 e. The van der Waals surface area contributed by atoms with Gasteiger partial charge >= 0.3 is 11.2 Å². The lowest BCUT2D eigenvalue weighted by Crippen LogP contribution is -2.33. The highest BCUT2D eigenvalue weighted by Gasteiger charge is 2.34. The molecule has 1 saturated heterocycles. The molecule has 1 atom stereocenters. The predicted octanol–water partition coefficient (Wildman–Crippen LogP) is 2.35. The van der Waals surface area contributed by atoms with Gasteiger partial charge in [-0.15, -0.1) is 0 Å². The van der Waals surface area contributed by atoms with Gasteiger partial charge in [0.05, 0.1) is 11.5 Å². The molecule has 0 unspecified atom stereocenters. The van der Waals surface area contributed by atoms with E-state index in [1.54, 1.807) is 0 Å². The normalized spacial score (nSPS) is 20.2. The molecular formula is C10H13F3N4O2S. The molecule has 0 bridgehead atoms. The van der Waals surface area contributed by atoms with E-state index in [-0.39, 0.29) is 10.9 Å². The van der Waals surface area contributed by atoms with Crippen LogP contribution in [-0.4, -0.2) is 47.2 Å². The van der Waals surface area contributed by atoms with Crippen molar-refractivity contribution in [1.29, 1.82) is 0 Å². The number of aromatic nitrogens is 1. The monoisotopic (exact) mass is 310 g/mol. The van der Waals surface area contributed by atoms with Crippen LogP contribution in [0.1, 0.15) is 6.42 Å². The van der Waals surface area contributed by atoms with Crippen molar-refractivity contribution < 1.29 is 18.1 Å². The van der Waals surface area contributed by atoms with Crippen LogP contribution in [0, 0.1) is 16.0 Å². The first-order valence-electron chi connectivity index (χ1n) is 5.96. The molecule has 0 amide bonds. The summed E-state index contributed by atoms with van der Waals surface area (Å²) in [4.78, 5) is 15.2. The summed E-state index contributed by atoms with van der Waals surface area (Å²) in [5.74, 6) is 0.0975. The summed E-state index contributed by atoms with van der Waals surface area (Å²) in [6, 6.07) is 0. The fourth-order valence-electron chi connectivity index (χ4n) is 2.14. The summed E-state index contributed by atoms with van der Waals surface area (Å²) in [5.41, 5.74) is 0. The number of rotatable bonds is 5. The highest BCUT2D eigenvalue weighted by Crippen LogP contribution is 2.26. The van der Waals surface area contributed by atoms with Gasteiger partial charge in [-0.3, -0.25) is 15.0 Å². The van der Waals surface area contributed by atoms with Crippen molar-refractivity contribution in [1.82, 2.24) is 9.88 Å². The van der Waals surface area contributed by atoms with Crippen molar-refractivity contribution in [3.8, 4) is 0 Å². The first-order chi connectivity index (χ1) is 9.33. The number of halogens is 3. The van der Waals surface area contributed by atoms with Crippen molar-refractivity contribution in [3.63, 3.8) is 0 Å². The van der Waals surface area contributed by atoms with E-state index < -0.39 is 17.6 Å². The average molecular weight is 310 g/mol. The highest BCUT2D eigenvalue weighted by atomic mass is 32.1. The van der Waals surface area contributed by atoms with E-state index in [2.05, 4.69) is 10.3 Å². The fourth-order valence-corrected chi connectivity index (χ4v) is 2.78. The first-order valence-corrected chi connectivity index (χ1v) is 6.78. The molecule has 20 heavy (non-hydrogen) atoms. The summed E-state index contributed by atoms with van der Waals surface area (Å²) >= 11 is 0.920. The van der Waals surface area contributed by atoms with Gasteiger partial charge in [-0.25, -0.2) is 4.98 Å². The van der Waals surface area contributed by atoms with Gasteiger partial charge in [-0.2, -0.15) is 13.2 Å². The Kier molecular flexibility index (Phi) is 4.43. The van der Waals surface area contributed by atoms with Crippen molar-refractivity contribution in [2.75, 3.05) is 31.5 Å². The van der Waals surface area contributed by atoms with E-state index in [9.17, 15) is 23.3 Å². The number of thiazole rings is 1. The SMILES string of the molecule is O=[N+]([O-])c1cnc(NC[C@H]2CCN(CC(F)(F)F)C2)s1. The number of nitro groups is 1. The zero-order chi connectivity index (χ0) is 14.8. The second kappa shape index (κ2) is 5.92. The van der Waals surface area contributed by atoms with E-state index in [1.807, 2.05) is 0 Å². The minimum atomic E-state index is -4.17. The van der Waals surface area contributed by atoms with E-state index in [0.29, 0.717) is 31.2 Å². The molecule has 0 spiro atoms. The maximum absolute atomic E-state index is 12.2. The Hall–Kier alpha value is -1.42. The molecule has 1 aliphatic rings. The molecule has 2 rings (SSSR count). The topological polar surface area (TPSA) is 71.3 Å². The van der Waals surface area contributed by atoms with Crippen LogP contribution >= 0.6 is 11.3 Å². The molecule has 6 nitrogen and oxygen atoms in total. The zero-order valence-electron chi connectivity index (χ0n) is 10.4. The minimum Gasteiger partial charge on any atom is -0.361 e. The number of anilines is 1. The standard InChI is InChI=1S/C10H13F3N4O2S/c11-10(12,13)6-16-2-1-7(5-16)3-14-9-15-4-8(20-9)17(18)19/h4,7H,1-3,5-6H2,(H,14,15)/t7-/m1/s1. The van der Waals surface area contributed by atoms with Gasteiger partial charge in [-0.05, 0) is 30.2 Å². The Labute approximate surface area is 116 Å². The summed E-state index contributed by atoms with van der Waals surface area (Å²) in [6.45, 7) is 0.384. The lowest BCUT2D eigenvalue weighted by molar-refractivity contribution is -0.380. The van der Waals surface area contributed by atoms with Crippen LogP contribution in [-0.2, 0) is 0 Å². The van der Waals surface area contributed by atoms with Gasteiger partial charge in [0.1, 0.15) is 6.20 Å². The quantitative estimate of drug-likeness (QED) is 0.667. The summed E-state index contributed by atoms with van der Waals surface area (Å²) in [6.07, 6.45) is -2.33. The molecule has 1 aliphatic heterocycles. The molecule has 0 aromatic carbocycles. The summed E-state index contributed by atoms with van der Waals surface area (Å²) < 4.78 is 36.7. The second-order valence-corrected chi connectivity index (χ2v) is 5.66. The van der Waals surface area contributed by atoms with Crippen molar-refractivity contribution in [2.45, 2.75) is 12.6 Å². The molecule has 2 heterocycles. The van der Waals surface area contributed by atoms with Gasteiger partial charge in [-0.1, -0.05) is 0 Å². The van der Waals surface area contributed by atoms with Gasteiger partial charge in [0.15, 0.2) is 5.13 Å². The zero-order valence-corrected chi connectivity index (χ0v) is 11.2. The Balaban J connectivity index is 1.76. The molecule has 112 valence electrons. The van der Waals surface area contributed by atoms with Crippen molar-refractivity contribution in [3.05, 3.63) is 16.3 Å². The number of nitrogens with one attached hydrogen (secondary N) is 1. The maximum atomic E-state index is 12.2. The lowest BCUT2D eigenvalue weighted by Gasteiger charge is -2.17. The molecule has 1 fully saturated rings. The largest absolute Gasteiger partial charge is 0.401 e. The summed E-state index contributed by atoms with van der Waals surface area (Å²) in [5, 5.41) is 13.8. The average Bonchev–Trinajstić information content (AvgIpc) is 2.92. The van der Waals surface area contributed by atoms with Crippen LogP contribution < -0.4 is 5.32 Å². The Morgan fingerprint density at radius 3 is 2.95 bits per heavy atom. The van der Waals surface area contributed by atoms with Gasteiger partial charge in [0, 0.05) is 13.1 Å². The predicted molar refractivity (Wildman–Crippen MR) is 67.9 cm³/mol. The van der Waals surface area contributed by atoms with Crippen LogP contribution in [0.15, 0.2) is 6.20 Å². The van der Waals surface area contributed by atoms with Crippen LogP contribution in [0.4, 0.5) is 23.3 Å². The molecule has 1 aromatic rings. The van der Waals surface area contributed by atoms with Crippen LogP contribution in [0.25, 0.3) is 0 Å². The van der Waals surface area contributed by atoms with Crippen molar-refractivity contribution in [2.24, 2.45) is 5.92 Å². The summed E-state index contributed by atoms with van der Waals surface area (Å²) in [7, 11) is 0. The molecular weight excluding hydrogens is 297 g/mol. The third-order valence-electron chi connectivity index (χ3n) is 2.99. The van der Waals surface area contributed by atoms with Gasteiger partial charge in [0.25, 0.3) is 0 Å². The van der Waals surface area contributed by atoms with E-state index in [0.717, 1.165) is 17.5 Å².